The summed E-state index contributed by atoms with van der Waals surface area (Å²) in [6.07, 6.45) is 6.12. The van der Waals surface area contributed by atoms with Gasteiger partial charge in [-0.3, -0.25) is 0 Å². The Kier molecular flexibility index (Phi) is 6.30. The molecule has 0 N–H and O–H groups in total. The van der Waals surface area contributed by atoms with Crippen LogP contribution in [0, 0.1) is 5.41 Å². The second-order valence-electron chi connectivity index (χ2n) is 7.76. The summed E-state index contributed by atoms with van der Waals surface area (Å²) in [5.41, 5.74) is 1.62. The highest BCUT2D eigenvalue weighted by molar-refractivity contribution is 6.35. The Bertz CT molecular complexity index is 860. The molecule has 150 valence electrons. The van der Waals surface area contributed by atoms with Gasteiger partial charge in [-0.1, -0.05) is 61.8 Å². The lowest BCUT2D eigenvalue weighted by atomic mass is 9.83. The Labute approximate surface area is 175 Å². The summed E-state index contributed by atoms with van der Waals surface area (Å²) >= 11 is 12.4. The number of hydrogen-bond donors (Lipinski definition) is 0. The molecule has 0 radical (unpaired) electrons. The van der Waals surface area contributed by atoms with E-state index in [9.17, 15) is 0 Å². The maximum atomic E-state index is 6.31. The minimum Gasteiger partial charge on any atom is -0.488 e. The third kappa shape index (κ3) is 4.67. The first-order valence-electron chi connectivity index (χ1n) is 9.09. The average Bonchev–Trinajstić information content (AvgIpc) is 3.25. The number of ether oxygens (including phenoxy) is 1. The summed E-state index contributed by atoms with van der Waals surface area (Å²) in [6, 6.07) is 3.42. The Hall–Kier alpha value is -2.05. The fourth-order valence-corrected chi connectivity index (χ4v) is 3.89. The molecule has 1 aromatic heterocycles. The van der Waals surface area contributed by atoms with Gasteiger partial charge in [0.15, 0.2) is 0 Å². The van der Waals surface area contributed by atoms with E-state index in [1.165, 1.54) is 6.33 Å². The van der Waals surface area contributed by atoms with Crippen molar-refractivity contribution in [2.24, 2.45) is 10.6 Å². The van der Waals surface area contributed by atoms with Crippen LogP contribution in [0.25, 0.3) is 0 Å². The Morgan fingerprint density at radius 3 is 2.89 bits per heavy atom. The van der Waals surface area contributed by atoms with E-state index >= 15 is 0 Å². The van der Waals surface area contributed by atoms with Crippen LogP contribution in [0.4, 0.5) is 0 Å². The molecule has 0 amide bonds. The van der Waals surface area contributed by atoms with Gasteiger partial charge in [0, 0.05) is 28.8 Å². The van der Waals surface area contributed by atoms with Crippen LogP contribution in [-0.4, -0.2) is 33.2 Å². The molecule has 2 unspecified atom stereocenters. The third-order valence-electron chi connectivity index (χ3n) is 4.50. The van der Waals surface area contributed by atoms with Crippen LogP contribution in [0.3, 0.4) is 0 Å². The van der Waals surface area contributed by atoms with E-state index in [1.54, 1.807) is 23.2 Å². The van der Waals surface area contributed by atoms with Crippen molar-refractivity contribution in [1.82, 2.24) is 14.8 Å². The number of fused-ring (bicyclic) bond motifs is 1. The molecule has 0 fully saturated rings. The maximum Gasteiger partial charge on any atom is 0.141 e. The van der Waals surface area contributed by atoms with Crippen LogP contribution in [0.15, 0.2) is 42.6 Å². The predicted molar refractivity (Wildman–Crippen MR) is 111 cm³/mol. The molecule has 1 aromatic carbocycles. The zero-order chi connectivity index (χ0) is 20.3. The smallest absolute Gasteiger partial charge is 0.141 e. The predicted octanol–water partition coefficient (Wildman–Crippen LogP) is 5.12. The van der Waals surface area contributed by atoms with Crippen molar-refractivity contribution < 1.29 is 9.57 Å². The SMILES string of the molecule is C=CCON=C(C(CC1Cc2cc(Cl)cc(Cl)c2O1)n1cncn1)C(C)(C)C. The molecule has 0 saturated carbocycles. The van der Waals surface area contributed by atoms with Crippen molar-refractivity contribution in [3.05, 3.63) is 53.1 Å². The van der Waals surface area contributed by atoms with E-state index in [1.807, 2.05) is 6.07 Å². The number of halogens is 2. The molecule has 8 heteroatoms. The molecule has 0 bridgehead atoms. The van der Waals surface area contributed by atoms with Crippen LogP contribution < -0.4 is 4.74 Å². The van der Waals surface area contributed by atoms with E-state index in [2.05, 4.69) is 42.6 Å². The molecule has 0 spiro atoms. The van der Waals surface area contributed by atoms with Crippen molar-refractivity contribution >= 4 is 28.9 Å². The lowest BCUT2D eigenvalue weighted by Crippen LogP contribution is -2.35. The van der Waals surface area contributed by atoms with Crippen LogP contribution in [0.2, 0.25) is 10.0 Å². The largest absolute Gasteiger partial charge is 0.488 e. The van der Waals surface area contributed by atoms with Gasteiger partial charge < -0.3 is 9.57 Å². The minimum atomic E-state index is -0.246. The number of hydrogen-bond acceptors (Lipinski definition) is 5. The number of benzene rings is 1. The van der Waals surface area contributed by atoms with E-state index in [-0.39, 0.29) is 17.6 Å². The fraction of sp³-hybridized carbons (Fsp3) is 0.450. The minimum absolute atomic E-state index is 0.0906. The average molecular weight is 423 g/mol. The third-order valence-corrected chi connectivity index (χ3v) is 5.00. The summed E-state index contributed by atoms with van der Waals surface area (Å²) in [5.74, 6) is 0.700. The van der Waals surface area contributed by atoms with Crippen molar-refractivity contribution in [2.75, 3.05) is 6.61 Å². The molecule has 1 aliphatic rings. The molecule has 1 aliphatic heterocycles. The Morgan fingerprint density at radius 1 is 1.46 bits per heavy atom. The number of oxime groups is 1. The van der Waals surface area contributed by atoms with Crippen LogP contribution in [0.5, 0.6) is 5.75 Å². The zero-order valence-corrected chi connectivity index (χ0v) is 17.7. The van der Waals surface area contributed by atoms with Crippen molar-refractivity contribution in [3.63, 3.8) is 0 Å². The lowest BCUT2D eigenvalue weighted by Gasteiger charge is -2.29. The quantitative estimate of drug-likeness (QED) is 0.268. The van der Waals surface area contributed by atoms with Crippen molar-refractivity contribution in [3.8, 4) is 5.75 Å². The summed E-state index contributed by atoms with van der Waals surface area (Å²) in [4.78, 5) is 9.54. The Morgan fingerprint density at radius 2 is 2.25 bits per heavy atom. The summed E-state index contributed by atoms with van der Waals surface area (Å²) < 4.78 is 7.94. The number of nitrogens with zero attached hydrogens (tertiary/aromatic N) is 4. The molecule has 3 rings (SSSR count). The lowest BCUT2D eigenvalue weighted by molar-refractivity contribution is 0.163. The second-order valence-corrected chi connectivity index (χ2v) is 8.60. The maximum absolute atomic E-state index is 6.31. The molecule has 2 aromatic rings. The van der Waals surface area contributed by atoms with E-state index in [0.29, 0.717) is 35.2 Å². The van der Waals surface area contributed by atoms with Gasteiger partial charge in [0.2, 0.25) is 0 Å². The first kappa shape index (κ1) is 20.7. The molecule has 0 saturated heterocycles. The first-order valence-corrected chi connectivity index (χ1v) is 9.85. The topological polar surface area (TPSA) is 61.5 Å². The molecule has 2 heterocycles. The van der Waals surface area contributed by atoms with Crippen molar-refractivity contribution in [2.45, 2.75) is 45.8 Å². The van der Waals surface area contributed by atoms with Gasteiger partial charge in [-0.15, -0.1) is 0 Å². The highest BCUT2D eigenvalue weighted by Crippen LogP contribution is 2.40. The van der Waals surface area contributed by atoms with E-state index in [4.69, 9.17) is 32.8 Å². The van der Waals surface area contributed by atoms with Crippen LogP contribution >= 0.6 is 23.2 Å². The molecular formula is C20H24Cl2N4O2. The highest BCUT2D eigenvalue weighted by atomic mass is 35.5. The highest BCUT2D eigenvalue weighted by Gasteiger charge is 2.35. The van der Waals surface area contributed by atoms with Crippen LogP contribution in [0.1, 0.15) is 38.8 Å². The monoisotopic (exact) mass is 422 g/mol. The summed E-state index contributed by atoms with van der Waals surface area (Å²) in [5, 5.41) is 9.90. The Balaban J connectivity index is 1.88. The van der Waals surface area contributed by atoms with E-state index in [0.717, 1.165) is 11.3 Å². The first-order chi connectivity index (χ1) is 13.3. The van der Waals surface area contributed by atoms with Gasteiger partial charge in [-0.25, -0.2) is 9.67 Å². The van der Waals surface area contributed by atoms with Crippen LogP contribution in [-0.2, 0) is 11.3 Å². The molecule has 6 nitrogen and oxygen atoms in total. The van der Waals surface area contributed by atoms with Crippen molar-refractivity contribution in [1.29, 1.82) is 0 Å². The molecule has 0 aliphatic carbocycles. The summed E-state index contributed by atoms with van der Waals surface area (Å²) in [6.45, 7) is 10.3. The normalized spacial score (nSPS) is 17.8. The van der Waals surface area contributed by atoms with Gasteiger partial charge in [0.25, 0.3) is 0 Å². The fourth-order valence-electron chi connectivity index (χ4n) is 3.31. The number of aromatic nitrogens is 3. The van der Waals surface area contributed by atoms with Gasteiger partial charge in [-0.2, -0.15) is 5.10 Å². The second kappa shape index (κ2) is 8.53. The standard InChI is InChI=1S/C20H24Cl2N4O2/c1-5-6-27-25-19(20(2,3)4)17(26-12-23-11-24-26)10-15-8-13-7-14(21)9-16(22)18(13)28-15/h5,7,9,11-12,15,17H,1,6,8,10H2,2-4H3. The zero-order valence-electron chi connectivity index (χ0n) is 16.2. The number of rotatable bonds is 7. The van der Waals surface area contributed by atoms with Gasteiger partial charge >= 0.3 is 0 Å². The molecular weight excluding hydrogens is 399 g/mol. The summed E-state index contributed by atoms with van der Waals surface area (Å²) in [7, 11) is 0. The van der Waals surface area contributed by atoms with Gasteiger partial charge in [0.05, 0.1) is 16.8 Å². The molecule has 28 heavy (non-hydrogen) atoms. The molecule has 2 atom stereocenters. The van der Waals surface area contributed by atoms with Gasteiger partial charge in [-0.05, 0) is 12.1 Å². The van der Waals surface area contributed by atoms with E-state index < -0.39 is 0 Å². The van der Waals surface area contributed by atoms with Gasteiger partial charge in [0.1, 0.15) is 31.1 Å².